The molecule has 2 rings (SSSR count). The molecule has 0 unspecified atom stereocenters. The minimum atomic E-state index is -2.92. The van der Waals surface area contributed by atoms with Crippen LogP contribution < -0.4 is 5.32 Å². The van der Waals surface area contributed by atoms with Crippen LogP contribution in [0, 0.1) is 0 Å². The Morgan fingerprint density at radius 1 is 1.43 bits per heavy atom. The topological polar surface area (TPSA) is 49.4 Å². The number of hydrogen-bond acceptors (Lipinski definition) is 3. The third-order valence-electron chi connectivity index (χ3n) is 3.47. The quantitative estimate of drug-likeness (QED) is 0.849. The molecule has 7 heteroatoms. The van der Waals surface area contributed by atoms with Crippen LogP contribution in [0.1, 0.15) is 19.8 Å². The van der Waals surface area contributed by atoms with Crippen LogP contribution in [0.3, 0.4) is 0 Å². The standard InChI is InChI=1S/C14H19ClN2O2S2/c1-2-8-17(13-7-9-21(18,19)10-13)14(20)16-12-5-3-11(15)4-6-12/h3-6,13H,2,7-10H2,1H3,(H,16,20)/t13-/m1/s1. The number of anilines is 1. The van der Waals surface area contributed by atoms with Crippen molar-refractivity contribution in [3.05, 3.63) is 29.3 Å². The van der Waals surface area contributed by atoms with Crippen LogP contribution in [-0.2, 0) is 9.84 Å². The Hall–Kier alpha value is -0.850. The zero-order valence-electron chi connectivity index (χ0n) is 11.9. The van der Waals surface area contributed by atoms with Gasteiger partial charge in [-0.15, -0.1) is 0 Å². The average molecular weight is 347 g/mol. The predicted octanol–water partition coefficient (Wildman–Crippen LogP) is 2.94. The molecule has 1 heterocycles. The fourth-order valence-electron chi connectivity index (χ4n) is 2.44. The van der Waals surface area contributed by atoms with Crippen LogP contribution in [0.4, 0.5) is 5.69 Å². The van der Waals surface area contributed by atoms with Gasteiger partial charge >= 0.3 is 0 Å². The molecule has 0 bridgehead atoms. The molecule has 1 aliphatic heterocycles. The highest BCUT2D eigenvalue weighted by Crippen LogP contribution is 2.20. The number of rotatable bonds is 4. The van der Waals surface area contributed by atoms with Crippen molar-refractivity contribution in [2.45, 2.75) is 25.8 Å². The van der Waals surface area contributed by atoms with Gasteiger partial charge in [-0.2, -0.15) is 0 Å². The summed E-state index contributed by atoms with van der Waals surface area (Å²) < 4.78 is 23.3. The molecule has 0 aromatic heterocycles. The van der Waals surface area contributed by atoms with Crippen molar-refractivity contribution in [1.82, 2.24) is 4.90 Å². The van der Waals surface area contributed by atoms with Crippen molar-refractivity contribution < 1.29 is 8.42 Å². The molecule has 0 amide bonds. The lowest BCUT2D eigenvalue weighted by Gasteiger charge is -2.30. The number of hydrogen-bond donors (Lipinski definition) is 1. The molecule has 0 aliphatic carbocycles. The van der Waals surface area contributed by atoms with Gasteiger partial charge < -0.3 is 10.2 Å². The summed E-state index contributed by atoms with van der Waals surface area (Å²) in [7, 11) is -2.92. The zero-order chi connectivity index (χ0) is 15.5. The van der Waals surface area contributed by atoms with Crippen LogP contribution in [0.25, 0.3) is 0 Å². The summed E-state index contributed by atoms with van der Waals surface area (Å²) in [5.41, 5.74) is 0.853. The van der Waals surface area contributed by atoms with Crippen LogP contribution in [-0.4, -0.2) is 42.5 Å². The van der Waals surface area contributed by atoms with E-state index in [9.17, 15) is 8.42 Å². The second kappa shape index (κ2) is 6.94. The lowest BCUT2D eigenvalue weighted by molar-refractivity contribution is 0.339. The van der Waals surface area contributed by atoms with Crippen molar-refractivity contribution >= 4 is 44.5 Å². The van der Waals surface area contributed by atoms with Crippen LogP contribution >= 0.6 is 23.8 Å². The van der Waals surface area contributed by atoms with Gasteiger partial charge in [0, 0.05) is 23.3 Å². The first-order valence-corrected chi connectivity index (χ1v) is 9.55. The number of nitrogens with one attached hydrogen (secondary N) is 1. The summed E-state index contributed by atoms with van der Waals surface area (Å²) in [6.45, 7) is 2.81. The van der Waals surface area contributed by atoms with Gasteiger partial charge in [0.2, 0.25) is 0 Å². The number of thiocarbonyl (C=S) groups is 1. The van der Waals surface area contributed by atoms with Gasteiger partial charge in [0.25, 0.3) is 0 Å². The zero-order valence-corrected chi connectivity index (χ0v) is 14.3. The molecule has 1 N–H and O–H groups in total. The monoisotopic (exact) mass is 346 g/mol. The Morgan fingerprint density at radius 3 is 2.62 bits per heavy atom. The molecule has 21 heavy (non-hydrogen) atoms. The molecule has 4 nitrogen and oxygen atoms in total. The number of benzene rings is 1. The van der Waals surface area contributed by atoms with Crippen molar-refractivity contribution in [3.8, 4) is 0 Å². The Balaban J connectivity index is 2.07. The maximum Gasteiger partial charge on any atom is 0.173 e. The summed E-state index contributed by atoms with van der Waals surface area (Å²) in [4.78, 5) is 1.99. The fourth-order valence-corrected chi connectivity index (χ4v) is 4.66. The van der Waals surface area contributed by atoms with E-state index < -0.39 is 9.84 Å². The van der Waals surface area contributed by atoms with E-state index >= 15 is 0 Å². The maximum atomic E-state index is 11.7. The molecule has 0 radical (unpaired) electrons. The molecule has 1 aliphatic rings. The Labute approximate surface area is 136 Å². The Kier molecular flexibility index (Phi) is 5.46. The minimum absolute atomic E-state index is 0.0257. The van der Waals surface area contributed by atoms with Gasteiger partial charge in [0.05, 0.1) is 11.5 Å². The molecule has 1 aromatic rings. The van der Waals surface area contributed by atoms with Crippen LogP contribution in [0.5, 0.6) is 0 Å². The SMILES string of the molecule is CCCN(C(=S)Nc1ccc(Cl)cc1)[C@@H]1CCS(=O)(=O)C1. The largest absolute Gasteiger partial charge is 0.345 e. The molecule has 1 aromatic carbocycles. The smallest absolute Gasteiger partial charge is 0.173 e. The number of nitrogens with zero attached hydrogens (tertiary/aromatic N) is 1. The first kappa shape index (κ1) is 16.5. The summed E-state index contributed by atoms with van der Waals surface area (Å²) >= 11 is 11.3. The highest BCUT2D eigenvalue weighted by Gasteiger charge is 2.33. The Morgan fingerprint density at radius 2 is 2.10 bits per heavy atom. The van der Waals surface area contributed by atoms with E-state index in [-0.39, 0.29) is 17.5 Å². The van der Waals surface area contributed by atoms with Gasteiger partial charge in [0.15, 0.2) is 14.9 Å². The van der Waals surface area contributed by atoms with Crippen molar-refractivity contribution in [1.29, 1.82) is 0 Å². The molecule has 0 saturated carbocycles. The number of halogens is 1. The van der Waals surface area contributed by atoms with Gasteiger partial charge in [0.1, 0.15) is 0 Å². The third kappa shape index (κ3) is 4.56. The minimum Gasteiger partial charge on any atom is -0.345 e. The maximum absolute atomic E-state index is 11.7. The third-order valence-corrected chi connectivity index (χ3v) is 5.81. The number of sulfone groups is 1. The second-order valence-corrected chi connectivity index (χ2v) is 8.24. The molecular weight excluding hydrogens is 328 g/mol. The summed E-state index contributed by atoms with van der Waals surface area (Å²) in [6.07, 6.45) is 1.56. The van der Waals surface area contributed by atoms with E-state index in [1.165, 1.54) is 0 Å². The second-order valence-electron chi connectivity index (χ2n) is 5.19. The highest BCUT2D eigenvalue weighted by atomic mass is 35.5. The van der Waals surface area contributed by atoms with Crippen molar-refractivity contribution in [3.63, 3.8) is 0 Å². The average Bonchev–Trinajstić information content (AvgIpc) is 2.78. The molecular formula is C14H19ClN2O2S2. The molecule has 116 valence electrons. The molecule has 1 fully saturated rings. The van der Waals surface area contributed by atoms with Crippen LogP contribution in [0.15, 0.2) is 24.3 Å². The lowest BCUT2D eigenvalue weighted by atomic mass is 10.2. The van der Waals surface area contributed by atoms with Gasteiger partial charge in [-0.05, 0) is 49.3 Å². The Bertz CT molecular complexity index is 602. The van der Waals surface area contributed by atoms with E-state index in [1.807, 2.05) is 17.0 Å². The first-order valence-electron chi connectivity index (χ1n) is 6.95. The fraction of sp³-hybridized carbons (Fsp3) is 0.500. The molecule has 1 saturated heterocycles. The molecule has 1 atom stereocenters. The van der Waals surface area contributed by atoms with Gasteiger partial charge in [-0.25, -0.2) is 8.42 Å². The van der Waals surface area contributed by atoms with Gasteiger partial charge in [-0.3, -0.25) is 0 Å². The predicted molar refractivity (Wildman–Crippen MR) is 91.7 cm³/mol. The molecule has 0 spiro atoms. The summed E-state index contributed by atoms with van der Waals surface area (Å²) in [5, 5.41) is 4.40. The highest BCUT2D eigenvalue weighted by molar-refractivity contribution is 7.91. The van der Waals surface area contributed by atoms with Crippen molar-refractivity contribution in [2.24, 2.45) is 0 Å². The van der Waals surface area contributed by atoms with E-state index in [4.69, 9.17) is 23.8 Å². The first-order chi connectivity index (χ1) is 9.91. The van der Waals surface area contributed by atoms with Gasteiger partial charge in [-0.1, -0.05) is 18.5 Å². The van der Waals surface area contributed by atoms with Crippen molar-refractivity contribution in [2.75, 3.05) is 23.4 Å². The normalized spacial score (nSPS) is 20.2. The summed E-state index contributed by atoms with van der Waals surface area (Å²) in [6, 6.07) is 7.25. The van der Waals surface area contributed by atoms with E-state index in [0.717, 1.165) is 18.7 Å². The van der Waals surface area contributed by atoms with E-state index in [0.29, 0.717) is 16.6 Å². The van der Waals surface area contributed by atoms with E-state index in [1.54, 1.807) is 12.1 Å². The van der Waals surface area contributed by atoms with E-state index in [2.05, 4.69) is 12.2 Å². The summed E-state index contributed by atoms with van der Waals surface area (Å²) in [5.74, 6) is 0.441. The van der Waals surface area contributed by atoms with Crippen LogP contribution in [0.2, 0.25) is 5.02 Å². The lowest BCUT2D eigenvalue weighted by Crippen LogP contribution is -2.43.